The number of para-hydroxylation sites is 2. The zero-order valence-corrected chi connectivity index (χ0v) is 7.91. The fourth-order valence-corrected chi connectivity index (χ4v) is 1.57. The Bertz CT molecular complexity index is 590. The molecule has 0 spiro atoms. The molecule has 4 heteroatoms. The molecule has 2 heterocycles. The maximum absolute atomic E-state index is 4.39. The van der Waals surface area contributed by atoms with Crippen LogP contribution in [0, 0.1) is 0 Å². The Morgan fingerprint density at radius 2 is 2.07 bits per heavy atom. The molecule has 1 aromatic heterocycles. The molecule has 0 unspecified atom stereocenters. The molecule has 3 rings (SSSR count). The van der Waals surface area contributed by atoms with Gasteiger partial charge >= 0.3 is 0 Å². The first kappa shape index (κ1) is 8.11. The van der Waals surface area contributed by atoms with Crippen molar-refractivity contribution in [1.82, 2.24) is 9.55 Å². The third-order valence-corrected chi connectivity index (χ3v) is 2.22. The van der Waals surface area contributed by atoms with Crippen LogP contribution in [-0.4, -0.2) is 22.1 Å². The number of aromatic nitrogens is 2. The van der Waals surface area contributed by atoms with Crippen LogP contribution in [0.2, 0.25) is 0 Å². The average molecular weight is 196 g/mol. The number of nitrogens with zero attached hydrogens (tertiary/aromatic N) is 4. The van der Waals surface area contributed by atoms with Crippen molar-refractivity contribution in [2.45, 2.75) is 0 Å². The zero-order valence-electron chi connectivity index (χ0n) is 7.91. The fraction of sp³-hybridized carbons (Fsp3) is 0. The van der Waals surface area contributed by atoms with E-state index in [0.717, 1.165) is 11.0 Å². The minimum absolute atomic E-state index is 0.657. The summed E-state index contributed by atoms with van der Waals surface area (Å²) in [4.78, 5) is 12.5. The van der Waals surface area contributed by atoms with Crippen LogP contribution in [0.5, 0.6) is 0 Å². The van der Waals surface area contributed by atoms with Gasteiger partial charge in [0.1, 0.15) is 6.34 Å². The van der Waals surface area contributed by atoms with E-state index in [1.54, 1.807) is 6.21 Å². The van der Waals surface area contributed by atoms with E-state index in [-0.39, 0.29) is 0 Å². The third kappa shape index (κ3) is 1.27. The van der Waals surface area contributed by atoms with Crippen LogP contribution >= 0.6 is 0 Å². The Labute approximate surface area is 86.3 Å². The first-order valence-corrected chi connectivity index (χ1v) is 4.64. The van der Waals surface area contributed by atoms with Crippen LogP contribution in [0.15, 0.2) is 40.3 Å². The monoisotopic (exact) mass is 196 g/mol. The summed E-state index contributed by atoms with van der Waals surface area (Å²) in [5, 5.41) is 0. The molecule has 0 saturated carbocycles. The van der Waals surface area contributed by atoms with Crippen LogP contribution in [0.3, 0.4) is 0 Å². The van der Waals surface area contributed by atoms with Gasteiger partial charge in [-0.3, -0.25) is 4.57 Å². The number of imidazole rings is 1. The van der Waals surface area contributed by atoms with Crippen LogP contribution in [-0.2, 0) is 0 Å². The van der Waals surface area contributed by atoms with E-state index in [1.807, 2.05) is 41.1 Å². The van der Waals surface area contributed by atoms with Crippen molar-refractivity contribution in [1.29, 1.82) is 0 Å². The second kappa shape index (κ2) is 3.16. The summed E-state index contributed by atoms with van der Waals surface area (Å²) in [5.41, 5.74) is 1.99. The van der Waals surface area contributed by atoms with Gasteiger partial charge in [-0.25, -0.2) is 15.0 Å². The van der Waals surface area contributed by atoms with E-state index in [9.17, 15) is 0 Å². The van der Waals surface area contributed by atoms with Gasteiger partial charge in [0, 0.05) is 12.4 Å². The summed E-state index contributed by atoms with van der Waals surface area (Å²) in [6.45, 7) is 0. The average Bonchev–Trinajstić information content (AvgIpc) is 2.55. The number of hydrogen-bond donors (Lipinski definition) is 0. The van der Waals surface area contributed by atoms with Gasteiger partial charge in [0.15, 0.2) is 0 Å². The maximum atomic E-state index is 4.39. The molecule has 2 aromatic rings. The van der Waals surface area contributed by atoms with Crippen molar-refractivity contribution >= 4 is 35.7 Å². The highest BCUT2D eigenvalue weighted by Gasteiger charge is 2.06. The smallest absolute Gasteiger partial charge is 0.236 e. The molecular formula is C11H8N4. The Hall–Kier alpha value is -2.23. The van der Waals surface area contributed by atoms with Gasteiger partial charge in [0.25, 0.3) is 0 Å². The van der Waals surface area contributed by atoms with E-state index < -0.39 is 0 Å². The summed E-state index contributed by atoms with van der Waals surface area (Å²) in [6, 6.07) is 7.94. The largest absolute Gasteiger partial charge is 0.284 e. The standard InChI is InChI=1S/C11H8N4/c1-2-5-10-9(4-1)14-11-13-8-12-6-3-7-15(10)11/h1-8H/b7-3-,12-6-,13-8-. The molecule has 0 radical (unpaired) electrons. The highest BCUT2D eigenvalue weighted by Crippen LogP contribution is 2.21. The third-order valence-electron chi connectivity index (χ3n) is 2.22. The zero-order chi connectivity index (χ0) is 10.1. The lowest BCUT2D eigenvalue weighted by Crippen LogP contribution is -1.87. The predicted octanol–water partition coefficient (Wildman–Crippen LogP) is 2.25. The van der Waals surface area contributed by atoms with E-state index in [4.69, 9.17) is 0 Å². The number of allylic oxidation sites excluding steroid dienone is 1. The van der Waals surface area contributed by atoms with E-state index in [1.165, 1.54) is 6.34 Å². The summed E-state index contributed by atoms with van der Waals surface area (Å²) in [7, 11) is 0. The van der Waals surface area contributed by atoms with Crippen molar-refractivity contribution < 1.29 is 0 Å². The number of benzene rings is 1. The lowest BCUT2D eigenvalue weighted by Gasteiger charge is -1.98. The molecule has 1 aliphatic heterocycles. The number of fused-ring (bicyclic) bond motifs is 3. The second-order valence-corrected chi connectivity index (χ2v) is 3.15. The van der Waals surface area contributed by atoms with Crippen LogP contribution < -0.4 is 0 Å². The van der Waals surface area contributed by atoms with E-state index in [0.29, 0.717) is 5.95 Å². The summed E-state index contributed by atoms with van der Waals surface area (Å²) < 4.78 is 1.94. The van der Waals surface area contributed by atoms with Crippen LogP contribution in [0.4, 0.5) is 5.95 Å². The quantitative estimate of drug-likeness (QED) is 0.637. The van der Waals surface area contributed by atoms with Crippen LogP contribution in [0.1, 0.15) is 0 Å². The minimum atomic E-state index is 0.657. The number of aliphatic imine (C=N–C) groups is 2. The Kier molecular flexibility index (Phi) is 1.71. The van der Waals surface area contributed by atoms with Crippen molar-refractivity contribution in [2.75, 3.05) is 0 Å². The SMILES string of the molecule is C1=C/n2c(nc3ccccc32)\N=C/N=C\1. The fourth-order valence-electron chi connectivity index (χ4n) is 1.57. The second-order valence-electron chi connectivity index (χ2n) is 3.15. The molecule has 0 amide bonds. The first-order chi connectivity index (χ1) is 7.45. The van der Waals surface area contributed by atoms with Gasteiger partial charge < -0.3 is 0 Å². The lowest BCUT2D eigenvalue weighted by atomic mass is 10.3. The normalized spacial score (nSPS) is 20.3. The van der Waals surface area contributed by atoms with Gasteiger partial charge in [0.2, 0.25) is 5.95 Å². The van der Waals surface area contributed by atoms with Gasteiger partial charge in [0.05, 0.1) is 11.0 Å². The molecular weight excluding hydrogens is 188 g/mol. The Morgan fingerprint density at radius 3 is 3.07 bits per heavy atom. The lowest BCUT2D eigenvalue weighted by molar-refractivity contribution is 1.14. The van der Waals surface area contributed by atoms with Crippen molar-refractivity contribution in [3.05, 3.63) is 30.3 Å². The molecule has 1 aromatic carbocycles. The minimum Gasteiger partial charge on any atom is -0.284 e. The highest BCUT2D eigenvalue weighted by atomic mass is 15.2. The predicted molar refractivity (Wildman–Crippen MR) is 61.7 cm³/mol. The molecule has 4 nitrogen and oxygen atoms in total. The van der Waals surface area contributed by atoms with Gasteiger partial charge in [-0.05, 0) is 18.2 Å². The molecule has 0 saturated heterocycles. The molecule has 0 aliphatic carbocycles. The molecule has 0 N–H and O–H groups in total. The highest BCUT2D eigenvalue weighted by molar-refractivity contribution is 5.88. The summed E-state index contributed by atoms with van der Waals surface area (Å²) in [6.07, 6.45) is 6.97. The van der Waals surface area contributed by atoms with Gasteiger partial charge in [-0.2, -0.15) is 0 Å². The maximum Gasteiger partial charge on any atom is 0.236 e. The van der Waals surface area contributed by atoms with Crippen molar-refractivity contribution in [2.24, 2.45) is 9.98 Å². The molecule has 0 fully saturated rings. The number of rotatable bonds is 0. The Morgan fingerprint density at radius 1 is 1.13 bits per heavy atom. The summed E-state index contributed by atoms with van der Waals surface area (Å²) in [5.74, 6) is 0.657. The number of hydrogen-bond acceptors (Lipinski definition) is 3. The van der Waals surface area contributed by atoms with E-state index in [2.05, 4.69) is 15.0 Å². The van der Waals surface area contributed by atoms with E-state index >= 15 is 0 Å². The molecule has 72 valence electrons. The molecule has 1 aliphatic rings. The topological polar surface area (TPSA) is 42.5 Å². The first-order valence-electron chi connectivity index (χ1n) is 4.64. The molecule has 0 atom stereocenters. The van der Waals surface area contributed by atoms with Gasteiger partial charge in [-0.1, -0.05) is 12.1 Å². The molecule has 0 bridgehead atoms. The summed E-state index contributed by atoms with van der Waals surface area (Å²) >= 11 is 0. The Balaban J connectivity index is 2.36. The van der Waals surface area contributed by atoms with Crippen molar-refractivity contribution in [3.63, 3.8) is 0 Å². The van der Waals surface area contributed by atoms with Crippen LogP contribution in [0.25, 0.3) is 17.2 Å². The van der Waals surface area contributed by atoms with Crippen molar-refractivity contribution in [3.8, 4) is 0 Å². The van der Waals surface area contributed by atoms with Gasteiger partial charge in [-0.15, -0.1) is 0 Å². The molecule has 15 heavy (non-hydrogen) atoms.